The molecule has 1 aliphatic rings. The fraction of sp³-hybridized carbons (Fsp3) is 0.348. The van der Waals surface area contributed by atoms with Crippen LogP contribution in [0.4, 0.5) is 0 Å². The van der Waals surface area contributed by atoms with Gasteiger partial charge in [0.05, 0.1) is 21.7 Å². The maximum Gasteiger partial charge on any atom is 0.183 e. The van der Waals surface area contributed by atoms with E-state index in [9.17, 15) is 0 Å². The molecule has 0 atom stereocenters. The Balaban J connectivity index is 1.44. The van der Waals surface area contributed by atoms with Gasteiger partial charge < -0.3 is 9.64 Å². The number of hydrogen-bond donors (Lipinski definition) is 0. The normalized spacial score (nSPS) is 15.7. The monoisotopic (exact) mass is 436 g/mol. The van der Waals surface area contributed by atoms with Gasteiger partial charge in [0.1, 0.15) is 12.4 Å². The van der Waals surface area contributed by atoms with Crippen molar-refractivity contribution in [3.8, 4) is 17.1 Å². The van der Waals surface area contributed by atoms with Crippen LogP contribution in [0.2, 0.25) is 5.02 Å². The Hall–Kier alpha value is -2.74. The molecule has 1 fully saturated rings. The average Bonchev–Trinajstić information content (AvgIpc) is 3.22. The van der Waals surface area contributed by atoms with Crippen LogP contribution in [0.15, 0.2) is 42.5 Å². The predicted octanol–water partition coefficient (Wildman–Crippen LogP) is 3.53. The summed E-state index contributed by atoms with van der Waals surface area (Å²) in [5, 5.41) is 9.46. The van der Waals surface area contributed by atoms with E-state index in [1.54, 1.807) is 0 Å². The average molecular weight is 437 g/mol. The number of benzene rings is 2. The lowest BCUT2D eigenvalue weighted by molar-refractivity contribution is 0.134. The summed E-state index contributed by atoms with van der Waals surface area (Å²) in [5.74, 6) is 1.46. The van der Waals surface area contributed by atoms with Crippen LogP contribution in [0.25, 0.3) is 28.1 Å². The Morgan fingerprint density at radius 1 is 1.03 bits per heavy atom. The molecule has 4 aromatic rings. The summed E-state index contributed by atoms with van der Waals surface area (Å²) < 4.78 is 8.09. The fourth-order valence-electron chi connectivity index (χ4n) is 4.03. The van der Waals surface area contributed by atoms with Gasteiger partial charge >= 0.3 is 0 Å². The van der Waals surface area contributed by atoms with Crippen LogP contribution < -0.4 is 4.74 Å². The first-order chi connectivity index (χ1) is 15.1. The van der Waals surface area contributed by atoms with Crippen LogP contribution in [0, 0.1) is 6.92 Å². The second-order valence-corrected chi connectivity index (χ2v) is 8.41. The van der Waals surface area contributed by atoms with Crippen molar-refractivity contribution in [1.82, 2.24) is 29.4 Å². The number of aryl methyl sites for hydroxylation is 1. The summed E-state index contributed by atoms with van der Waals surface area (Å²) in [6.45, 7) is 7.86. The van der Waals surface area contributed by atoms with E-state index < -0.39 is 0 Å². The predicted molar refractivity (Wildman–Crippen MR) is 123 cm³/mol. The van der Waals surface area contributed by atoms with Crippen LogP contribution in [-0.4, -0.2) is 75.8 Å². The summed E-state index contributed by atoms with van der Waals surface area (Å²) in [6.07, 6.45) is 0. The lowest BCUT2D eigenvalue weighted by Crippen LogP contribution is -2.45. The van der Waals surface area contributed by atoms with Crippen LogP contribution in [0.3, 0.4) is 0 Å². The molecule has 31 heavy (non-hydrogen) atoms. The quantitative estimate of drug-likeness (QED) is 0.477. The molecule has 1 aliphatic heterocycles. The standard InChI is InChI=1S/C23H25ClN6O/c1-16-22-26-27-23(30(22)21-6-4-3-5-20(21)25-16)18-15-17(7-8-19(18)24)31-14-13-29-11-9-28(2)10-12-29/h3-8,15H,9-14H2,1-2H3. The minimum atomic E-state index is 0.610. The van der Waals surface area contributed by atoms with E-state index in [4.69, 9.17) is 16.3 Å². The minimum absolute atomic E-state index is 0.610. The number of halogens is 1. The zero-order chi connectivity index (χ0) is 21.4. The Labute approximate surface area is 186 Å². The van der Waals surface area contributed by atoms with E-state index >= 15 is 0 Å². The molecule has 1 saturated heterocycles. The van der Waals surface area contributed by atoms with Crippen molar-refractivity contribution in [3.05, 3.63) is 53.2 Å². The number of rotatable bonds is 5. The summed E-state index contributed by atoms with van der Waals surface area (Å²) in [7, 11) is 2.16. The molecule has 160 valence electrons. The third-order valence-electron chi connectivity index (χ3n) is 5.85. The van der Waals surface area contributed by atoms with E-state index in [0.29, 0.717) is 17.5 Å². The van der Waals surface area contributed by atoms with Crippen molar-refractivity contribution in [2.24, 2.45) is 0 Å². The van der Waals surface area contributed by atoms with Gasteiger partial charge in [0, 0.05) is 38.3 Å². The lowest BCUT2D eigenvalue weighted by atomic mass is 10.2. The molecular formula is C23H25ClN6O. The summed E-state index contributed by atoms with van der Waals surface area (Å²) in [5.41, 5.74) is 4.19. The third kappa shape index (κ3) is 3.96. The summed E-state index contributed by atoms with van der Waals surface area (Å²) >= 11 is 6.58. The smallest absolute Gasteiger partial charge is 0.183 e. The molecule has 0 radical (unpaired) electrons. The van der Waals surface area contributed by atoms with E-state index in [2.05, 4.69) is 32.0 Å². The number of nitrogens with zero attached hydrogens (tertiary/aromatic N) is 6. The first-order valence-corrected chi connectivity index (χ1v) is 10.9. The van der Waals surface area contributed by atoms with Gasteiger partial charge in [-0.15, -0.1) is 10.2 Å². The Morgan fingerprint density at radius 3 is 2.68 bits per heavy atom. The fourth-order valence-corrected chi connectivity index (χ4v) is 4.23. The second-order valence-electron chi connectivity index (χ2n) is 8.00. The van der Waals surface area contributed by atoms with Crippen molar-refractivity contribution in [2.75, 3.05) is 46.4 Å². The molecule has 0 amide bonds. The Kier molecular flexibility index (Phi) is 5.48. The topological polar surface area (TPSA) is 58.8 Å². The molecule has 0 saturated carbocycles. The molecule has 0 spiro atoms. The van der Waals surface area contributed by atoms with E-state index in [-0.39, 0.29) is 0 Å². The number of hydrogen-bond acceptors (Lipinski definition) is 6. The summed E-state index contributed by atoms with van der Waals surface area (Å²) in [4.78, 5) is 9.44. The number of ether oxygens (including phenoxy) is 1. The van der Waals surface area contributed by atoms with Crippen LogP contribution in [-0.2, 0) is 0 Å². The molecule has 0 N–H and O–H groups in total. The van der Waals surface area contributed by atoms with E-state index in [1.807, 2.05) is 53.8 Å². The minimum Gasteiger partial charge on any atom is -0.492 e. The van der Waals surface area contributed by atoms with Crippen molar-refractivity contribution in [1.29, 1.82) is 0 Å². The number of likely N-dealkylation sites (N-methyl/N-ethyl adjacent to an activating group) is 1. The van der Waals surface area contributed by atoms with Gasteiger partial charge in [-0.2, -0.15) is 0 Å². The molecule has 2 aromatic heterocycles. The number of para-hydroxylation sites is 2. The van der Waals surface area contributed by atoms with Gasteiger partial charge in [0.25, 0.3) is 0 Å². The molecule has 0 unspecified atom stereocenters. The van der Waals surface area contributed by atoms with Crippen LogP contribution >= 0.6 is 11.6 Å². The Morgan fingerprint density at radius 2 is 1.84 bits per heavy atom. The first-order valence-electron chi connectivity index (χ1n) is 10.5. The lowest BCUT2D eigenvalue weighted by Gasteiger charge is -2.32. The summed E-state index contributed by atoms with van der Waals surface area (Å²) in [6, 6.07) is 13.7. The highest BCUT2D eigenvalue weighted by Gasteiger charge is 2.18. The van der Waals surface area contributed by atoms with Crippen molar-refractivity contribution < 1.29 is 4.74 Å². The number of piperazine rings is 1. The molecule has 0 bridgehead atoms. The maximum atomic E-state index is 6.58. The van der Waals surface area contributed by atoms with Gasteiger partial charge in [0.2, 0.25) is 0 Å². The molecule has 7 nitrogen and oxygen atoms in total. The molecular weight excluding hydrogens is 412 g/mol. The molecule has 0 aliphatic carbocycles. The molecule has 2 aromatic carbocycles. The van der Waals surface area contributed by atoms with Gasteiger partial charge in [-0.05, 0) is 44.3 Å². The van der Waals surface area contributed by atoms with Crippen LogP contribution in [0.5, 0.6) is 5.75 Å². The second kappa shape index (κ2) is 8.42. The molecule has 3 heterocycles. The van der Waals surface area contributed by atoms with Crippen LogP contribution in [0.1, 0.15) is 5.69 Å². The van der Waals surface area contributed by atoms with Gasteiger partial charge in [-0.25, -0.2) is 4.98 Å². The van der Waals surface area contributed by atoms with Crippen molar-refractivity contribution in [3.63, 3.8) is 0 Å². The first kappa shape index (κ1) is 20.2. The largest absolute Gasteiger partial charge is 0.492 e. The van der Waals surface area contributed by atoms with Crippen molar-refractivity contribution in [2.45, 2.75) is 6.92 Å². The Bertz CT molecular complexity index is 1230. The maximum absolute atomic E-state index is 6.58. The zero-order valence-corrected chi connectivity index (χ0v) is 18.5. The van der Waals surface area contributed by atoms with E-state index in [1.165, 1.54) is 0 Å². The van der Waals surface area contributed by atoms with Gasteiger partial charge in [0.15, 0.2) is 11.5 Å². The third-order valence-corrected chi connectivity index (χ3v) is 6.18. The van der Waals surface area contributed by atoms with Gasteiger partial charge in [-0.1, -0.05) is 23.7 Å². The highest BCUT2D eigenvalue weighted by atomic mass is 35.5. The number of fused-ring (bicyclic) bond motifs is 3. The SMILES string of the molecule is Cc1nc2ccccc2n2c(-c3cc(OCCN4CCN(C)CC4)ccc3Cl)nnc12. The highest BCUT2D eigenvalue weighted by molar-refractivity contribution is 6.33. The van der Waals surface area contributed by atoms with Crippen molar-refractivity contribution >= 4 is 28.3 Å². The van der Waals surface area contributed by atoms with Gasteiger partial charge in [-0.3, -0.25) is 9.30 Å². The number of aromatic nitrogens is 4. The zero-order valence-electron chi connectivity index (χ0n) is 17.8. The highest BCUT2D eigenvalue weighted by Crippen LogP contribution is 2.32. The molecule has 5 rings (SSSR count). The van der Waals surface area contributed by atoms with E-state index in [0.717, 1.165) is 66.4 Å². The molecule has 8 heteroatoms.